The van der Waals surface area contributed by atoms with Crippen LogP contribution in [0.25, 0.3) is 16.6 Å². The third-order valence-corrected chi connectivity index (χ3v) is 6.28. The number of fused-ring (bicyclic) bond motifs is 1. The van der Waals surface area contributed by atoms with Crippen molar-refractivity contribution < 1.29 is 13.9 Å². The SMILES string of the molecule is COc1ccc(C)cc1-n1c(SCC(=O)NCc2ccc(F)cc2)nc2cc(Cl)ccc2c1=O. The number of thioether (sulfide) groups is 1. The summed E-state index contributed by atoms with van der Waals surface area (Å²) < 4.78 is 20.0. The van der Waals surface area contributed by atoms with Crippen molar-refractivity contribution >= 4 is 40.2 Å². The van der Waals surface area contributed by atoms with Crippen LogP contribution >= 0.6 is 23.4 Å². The van der Waals surface area contributed by atoms with E-state index in [1.807, 2.05) is 19.1 Å². The van der Waals surface area contributed by atoms with Crippen LogP contribution in [0, 0.1) is 12.7 Å². The highest BCUT2D eigenvalue weighted by atomic mass is 35.5. The van der Waals surface area contributed by atoms with Crippen LogP contribution in [0.1, 0.15) is 11.1 Å². The van der Waals surface area contributed by atoms with E-state index < -0.39 is 0 Å². The van der Waals surface area contributed by atoms with E-state index in [0.29, 0.717) is 32.5 Å². The van der Waals surface area contributed by atoms with E-state index in [4.69, 9.17) is 16.3 Å². The van der Waals surface area contributed by atoms with Crippen molar-refractivity contribution in [3.63, 3.8) is 0 Å². The molecule has 1 heterocycles. The number of benzene rings is 3. The summed E-state index contributed by atoms with van der Waals surface area (Å²) in [6.45, 7) is 2.18. The van der Waals surface area contributed by atoms with E-state index in [1.54, 1.807) is 36.4 Å². The first-order chi connectivity index (χ1) is 16.4. The number of nitrogens with one attached hydrogen (secondary N) is 1. The zero-order valence-electron chi connectivity index (χ0n) is 18.5. The van der Waals surface area contributed by atoms with Gasteiger partial charge in [0.05, 0.1) is 29.5 Å². The maximum absolute atomic E-state index is 13.5. The highest BCUT2D eigenvalue weighted by Crippen LogP contribution is 2.28. The number of hydrogen-bond acceptors (Lipinski definition) is 5. The number of halogens is 2. The fourth-order valence-electron chi connectivity index (χ4n) is 3.41. The molecule has 1 N–H and O–H groups in total. The normalized spacial score (nSPS) is 10.9. The summed E-state index contributed by atoms with van der Waals surface area (Å²) in [5.41, 5.74) is 2.40. The van der Waals surface area contributed by atoms with E-state index in [9.17, 15) is 14.0 Å². The lowest BCUT2D eigenvalue weighted by Crippen LogP contribution is -2.26. The van der Waals surface area contributed by atoms with Crippen LogP contribution in [-0.4, -0.2) is 28.3 Å². The van der Waals surface area contributed by atoms with Gasteiger partial charge < -0.3 is 10.1 Å². The second kappa shape index (κ2) is 10.3. The molecule has 34 heavy (non-hydrogen) atoms. The van der Waals surface area contributed by atoms with Gasteiger partial charge in [-0.1, -0.05) is 41.6 Å². The fourth-order valence-corrected chi connectivity index (χ4v) is 4.41. The zero-order chi connectivity index (χ0) is 24.2. The number of nitrogens with zero attached hydrogens (tertiary/aromatic N) is 2. The molecular weight excluding hydrogens is 477 g/mol. The van der Waals surface area contributed by atoms with Crippen molar-refractivity contribution in [2.45, 2.75) is 18.6 Å². The van der Waals surface area contributed by atoms with Gasteiger partial charge in [0.2, 0.25) is 5.91 Å². The fraction of sp³-hybridized carbons (Fsp3) is 0.160. The zero-order valence-corrected chi connectivity index (χ0v) is 20.0. The minimum Gasteiger partial charge on any atom is -0.495 e. The number of rotatable bonds is 7. The molecule has 0 unspecified atom stereocenters. The summed E-state index contributed by atoms with van der Waals surface area (Å²) in [6.07, 6.45) is 0. The van der Waals surface area contributed by atoms with Crippen molar-refractivity contribution in [3.05, 3.63) is 93.0 Å². The Morgan fingerprint density at radius 2 is 1.91 bits per heavy atom. The molecule has 0 aliphatic heterocycles. The van der Waals surface area contributed by atoms with E-state index in [1.165, 1.54) is 23.8 Å². The molecule has 1 aromatic heterocycles. The summed E-state index contributed by atoms with van der Waals surface area (Å²) in [6, 6.07) is 16.3. The standard InChI is InChI=1S/C25H21ClFN3O3S/c1-15-3-10-22(33-2)21(11-15)30-24(32)19-9-6-17(26)12-20(19)29-25(30)34-14-23(31)28-13-16-4-7-18(27)8-5-16/h3-12H,13-14H2,1-2H3,(H,28,31). The minimum absolute atomic E-state index is 0.0217. The molecule has 0 atom stereocenters. The first kappa shape index (κ1) is 23.8. The van der Waals surface area contributed by atoms with Crippen LogP contribution in [0.15, 0.2) is 70.6 Å². The van der Waals surface area contributed by atoms with Crippen molar-refractivity contribution in [3.8, 4) is 11.4 Å². The van der Waals surface area contributed by atoms with E-state index >= 15 is 0 Å². The van der Waals surface area contributed by atoms with Gasteiger partial charge in [0, 0.05) is 11.6 Å². The number of methoxy groups -OCH3 is 1. The van der Waals surface area contributed by atoms with Crippen LogP contribution < -0.4 is 15.6 Å². The minimum atomic E-state index is -0.335. The van der Waals surface area contributed by atoms with Crippen LogP contribution in [-0.2, 0) is 11.3 Å². The quantitative estimate of drug-likeness (QED) is 0.290. The van der Waals surface area contributed by atoms with Gasteiger partial charge >= 0.3 is 0 Å². The highest BCUT2D eigenvalue weighted by Gasteiger charge is 2.18. The average molecular weight is 498 g/mol. The van der Waals surface area contributed by atoms with Gasteiger partial charge in [-0.05, 0) is 60.5 Å². The van der Waals surface area contributed by atoms with Gasteiger partial charge in [0.25, 0.3) is 5.56 Å². The molecule has 6 nitrogen and oxygen atoms in total. The summed E-state index contributed by atoms with van der Waals surface area (Å²) in [4.78, 5) is 30.7. The Morgan fingerprint density at radius 3 is 2.65 bits per heavy atom. The lowest BCUT2D eigenvalue weighted by atomic mass is 10.2. The summed E-state index contributed by atoms with van der Waals surface area (Å²) in [5.74, 6) is -0.0611. The molecule has 0 saturated heterocycles. The van der Waals surface area contributed by atoms with Gasteiger partial charge in [-0.2, -0.15) is 0 Å². The molecule has 0 fully saturated rings. The van der Waals surface area contributed by atoms with Gasteiger partial charge in [-0.3, -0.25) is 14.2 Å². The van der Waals surface area contributed by atoms with Crippen LogP contribution in [0.3, 0.4) is 0 Å². The molecule has 1 amide bonds. The first-order valence-electron chi connectivity index (χ1n) is 10.4. The molecular formula is C25H21ClFN3O3S. The number of hydrogen-bond donors (Lipinski definition) is 1. The van der Waals surface area contributed by atoms with E-state index in [-0.39, 0.29) is 29.6 Å². The average Bonchev–Trinajstić information content (AvgIpc) is 2.82. The smallest absolute Gasteiger partial charge is 0.266 e. The second-order valence-corrected chi connectivity index (χ2v) is 8.94. The molecule has 0 aliphatic rings. The molecule has 9 heteroatoms. The predicted molar refractivity (Wildman–Crippen MR) is 133 cm³/mol. The van der Waals surface area contributed by atoms with E-state index in [2.05, 4.69) is 10.3 Å². The molecule has 0 saturated carbocycles. The van der Waals surface area contributed by atoms with Crippen LogP contribution in [0.4, 0.5) is 4.39 Å². The Kier molecular flexibility index (Phi) is 7.19. The van der Waals surface area contributed by atoms with Gasteiger partial charge in [-0.15, -0.1) is 0 Å². The molecule has 4 aromatic rings. The maximum Gasteiger partial charge on any atom is 0.266 e. The number of aromatic nitrogens is 2. The van der Waals surface area contributed by atoms with Crippen LogP contribution in [0.5, 0.6) is 5.75 Å². The largest absolute Gasteiger partial charge is 0.495 e. The maximum atomic E-state index is 13.5. The number of amides is 1. The highest BCUT2D eigenvalue weighted by molar-refractivity contribution is 7.99. The molecule has 4 rings (SSSR count). The molecule has 0 aliphatic carbocycles. The number of carbonyl (C=O) groups excluding carboxylic acids is 1. The van der Waals surface area contributed by atoms with Crippen molar-refractivity contribution in [1.29, 1.82) is 0 Å². The van der Waals surface area contributed by atoms with Crippen molar-refractivity contribution in [2.75, 3.05) is 12.9 Å². The third kappa shape index (κ3) is 5.24. The Hall–Kier alpha value is -3.36. The predicted octanol–water partition coefficient (Wildman–Crippen LogP) is 4.90. The first-order valence-corrected chi connectivity index (χ1v) is 11.7. The Labute approximate surface area is 204 Å². The van der Waals surface area contributed by atoms with Crippen molar-refractivity contribution in [2.24, 2.45) is 0 Å². The summed E-state index contributed by atoms with van der Waals surface area (Å²) in [5, 5.41) is 3.99. The van der Waals surface area contributed by atoms with E-state index in [0.717, 1.165) is 22.9 Å². The van der Waals surface area contributed by atoms with Gasteiger partial charge in [0.1, 0.15) is 11.6 Å². The Bertz CT molecular complexity index is 1420. The molecule has 0 spiro atoms. The van der Waals surface area contributed by atoms with Crippen molar-refractivity contribution in [1.82, 2.24) is 14.9 Å². The third-order valence-electron chi connectivity index (χ3n) is 5.11. The molecule has 0 bridgehead atoms. The van der Waals surface area contributed by atoms with Gasteiger partial charge in [0.15, 0.2) is 5.16 Å². The molecule has 3 aromatic carbocycles. The number of carbonyl (C=O) groups is 1. The lowest BCUT2D eigenvalue weighted by molar-refractivity contribution is -0.118. The summed E-state index contributed by atoms with van der Waals surface area (Å²) in [7, 11) is 1.53. The topological polar surface area (TPSA) is 73.2 Å². The second-order valence-electron chi connectivity index (χ2n) is 7.56. The number of aryl methyl sites for hydroxylation is 1. The molecule has 0 radical (unpaired) electrons. The molecule has 174 valence electrons. The Morgan fingerprint density at radius 1 is 1.15 bits per heavy atom. The van der Waals surface area contributed by atoms with Crippen LogP contribution in [0.2, 0.25) is 5.02 Å². The summed E-state index contributed by atoms with van der Waals surface area (Å²) >= 11 is 7.25. The monoisotopic (exact) mass is 497 g/mol. The number of ether oxygens (including phenoxy) is 1. The van der Waals surface area contributed by atoms with Gasteiger partial charge in [-0.25, -0.2) is 9.37 Å². The Balaban J connectivity index is 1.67. The lowest BCUT2D eigenvalue weighted by Gasteiger charge is -2.16.